The highest BCUT2D eigenvalue weighted by atomic mass is 19.1. The fourth-order valence-corrected chi connectivity index (χ4v) is 1.23. The van der Waals surface area contributed by atoms with Gasteiger partial charge in [0.25, 0.3) is 5.69 Å². The van der Waals surface area contributed by atoms with Crippen LogP contribution in [-0.2, 0) is 4.79 Å². The van der Waals surface area contributed by atoms with Crippen LogP contribution in [0.4, 0.5) is 10.1 Å². The van der Waals surface area contributed by atoms with Crippen LogP contribution in [0.25, 0.3) is 0 Å². The van der Waals surface area contributed by atoms with Crippen molar-refractivity contribution >= 4 is 11.7 Å². The summed E-state index contributed by atoms with van der Waals surface area (Å²) in [5.74, 6) is -2.64. The Morgan fingerprint density at radius 1 is 1.41 bits per heavy atom. The summed E-state index contributed by atoms with van der Waals surface area (Å²) in [5.41, 5.74) is -1.26. The van der Waals surface area contributed by atoms with Gasteiger partial charge < -0.3 is 15.3 Å². The Bertz CT molecular complexity index is 463. The molecule has 0 radical (unpaired) electrons. The number of aliphatic hydroxyl groups is 2. The molecule has 0 aliphatic rings. The molecule has 3 N–H and O–H groups in total. The smallest absolute Gasteiger partial charge is 0.335 e. The lowest BCUT2D eigenvalue weighted by atomic mass is 10.0. The maximum absolute atomic E-state index is 12.8. The SMILES string of the molecule is O=C(O)C(O)C(O)c1ccc(F)cc1[N+](=O)[O-]. The Kier molecular flexibility index (Phi) is 3.71. The minimum Gasteiger partial charge on any atom is -0.479 e. The second-order valence-electron chi connectivity index (χ2n) is 3.19. The van der Waals surface area contributed by atoms with E-state index in [9.17, 15) is 24.4 Å². The molecule has 8 heteroatoms. The molecule has 0 saturated carbocycles. The van der Waals surface area contributed by atoms with Gasteiger partial charge in [0, 0.05) is 0 Å². The molecule has 0 fully saturated rings. The molecule has 0 aliphatic carbocycles. The van der Waals surface area contributed by atoms with Gasteiger partial charge in [0.1, 0.15) is 11.9 Å². The predicted molar refractivity (Wildman–Crippen MR) is 51.7 cm³/mol. The average Bonchev–Trinajstić information content (AvgIpc) is 2.26. The summed E-state index contributed by atoms with van der Waals surface area (Å²) < 4.78 is 12.8. The first-order valence-electron chi connectivity index (χ1n) is 4.37. The number of carboxylic acids is 1. The molecule has 1 rings (SSSR count). The van der Waals surface area contributed by atoms with Crippen molar-refractivity contribution in [3.05, 3.63) is 39.7 Å². The number of nitro groups is 1. The third-order valence-electron chi connectivity index (χ3n) is 2.06. The van der Waals surface area contributed by atoms with E-state index >= 15 is 0 Å². The molecule has 0 aliphatic heterocycles. The normalized spacial score (nSPS) is 14.1. The van der Waals surface area contributed by atoms with Crippen molar-refractivity contribution < 1.29 is 29.4 Å². The van der Waals surface area contributed by atoms with Crippen LogP contribution in [0.1, 0.15) is 11.7 Å². The van der Waals surface area contributed by atoms with Crippen molar-refractivity contribution in [2.45, 2.75) is 12.2 Å². The summed E-state index contributed by atoms with van der Waals surface area (Å²) in [5, 5.41) is 37.5. The van der Waals surface area contributed by atoms with E-state index in [1.54, 1.807) is 0 Å². The Hall–Kier alpha value is -2.06. The summed E-state index contributed by atoms with van der Waals surface area (Å²) in [6, 6.07) is 2.21. The zero-order valence-electron chi connectivity index (χ0n) is 8.28. The first kappa shape index (κ1) is 13.0. The number of hydrogen-bond acceptors (Lipinski definition) is 5. The van der Waals surface area contributed by atoms with E-state index < -0.39 is 40.2 Å². The maximum Gasteiger partial charge on any atom is 0.335 e. The standard InChI is InChI=1S/C9H8FNO6/c10-4-1-2-5(6(3-4)11(16)17)7(12)8(13)9(14)15/h1-3,7-8,12-13H,(H,14,15). The van der Waals surface area contributed by atoms with Crippen LogP contribution in [0.5, 0.6) is 0 Å². The van der Waals surface area contributed by atoms with E-state index in [-0.39, 0.29) is 0 Å². The molecule has 0 saturated heterocycles. The van der Waals surface area contributed by atoms with Gasteiger partial charge in [0.05, 0.1) is 16.6 Å². The van der Waals surface area contributed by atoms with Gasteiger partial charge in [0.2, 0.25) is 0 Å². The van der Waals surface area contributed by atoms with Crippen LogP contribution in [0.15, 0.2) is 18.2 Å². The van der Waals surface area contributed by atoms with Crippen LogP contribution in [-0.4, -0.2) is 32.3 Å². The van der Waals surface area contributed by atoms with Gasteiger partial charge in [-0.25, -0.2) is 9.18 Å². The zero-order valence-corrected chi connectivity index (χ0v) is 8.28. The number of benzene rings is 1. The summed E-state index contributed by atoms with van der Waals surface area (Å²) in [6.07, 6.45) is -4.23. The van der Waals surface area contributed by atoms with Crippen molar-refractivity contribution in [3.8, 4) is 0 Å². The summed E-state index contributed by atoms with van der Waals surface area (Å²) in [7, 11) is 0. The lowest BCUT2D eigenvalue weighted by Crippen LogP contribution is -2.28. The number of rotatable bonds is 4. The second-order valence-corrected chi connectivity index (χ2v) is 3.19. The van der Waals surface area contributed by atoms with Crippen LogP contribution in [0.2, 0.25) is 0 Å². The fourth-order valence-electron chi connectivity index (χ4n) is 1.23. The highest BCUT2D eigenvalue weighted by molar-refractivity contribution is 5.73. The van der Waals surface area contributed by atoms with Gasteiger partial charge in [-0.15, -0.1) is 0 Å². The van der Waals surface area contributed by atoms with Crippen LogP contribution >= 0.6 is 0 Å². The summed E-state index contributed by atoms with van der Waals surface area (Å²) in [4.78, 5) is 20.0. The van der Waals surface area contributed by atoms with E-state index in [0.717, 1.165) is 12.1 Å². The predicted octanol–water partition coefficient (Wildman–Crippen LogP) is 0.213. The Labute approximate surface area is 93.9 Å². The largest absolute Gasteiger partial charge is 0.479 e. The van der Waals surface area contributed by atoms with Gasteiger partial charge in [-0.05, 0) is 12.1 Å². The molecule has 0 bridgehead atoms. The minimum atomic E-state index is -2.22. The van der Waals surface area contributed by atoms with Crippen LogP contribution in [0, 0.1) is 15.9 Å². The number of hydrogen-bond donors (Lipinski definition) is 3. The zero-order chi connectivity index (χ0) is 13.2. The third-order valence-corrected chi connectivity index (χ3v) is 2.06. The van der Waals surface area contributed by atoms with E-state index in [0.29, 0.717) is 6.07 Å². The number of nitro benzene ring substituents is 1. The molecule has 17 heavy (non-hydrogen) atoms. The second kappa shape index (κ2) is 4.85. The molecule has 0 heterocycles. The average molecular weight is 245 g/mol. The third kappa shape index (κ3) is 2.74. The molecule has 1 aromatic carbocycles. The van der Waals surface area contributed by atoms with E-state index in [2.05, 4.69) is 0 Å². The Morgan fingerprint density at radius 3 is 2.47 bits per heavy atom. The van der Waals surface area contributed by atoms with Gasteiger partial charge in [-0.1, -0.05) is 0 Å². The molecule has 92 valence electrons. The fraction of sp³-hybridized carbons (Fsp3) is 0.222. The van der Waals surface area contributed by atoms with E-state index in [1.165, 1.54) is 0 Å². The molecule has 7 nitrogen and oxygen atoms in total. The lowest BCUT2D eigenvalue weighted by molar-refractivity contribution is -0.386. The molecular formula is C9H8FNO6. The van der Waals surface area contributed by atoms with Crippen LogP contribution < -0.4 is 0 Å². The quantitative estimate of drug-likeness (QED) is 0.515. The molecule has 2 atom stereocenters. The number of halogens is 1. The molecule has 1 aromatic rings. The van der Waals surface area contributed by atoms with Gasteiger partial charge in [0.15, 0.2) is 6.10 Å². The molecule has 0 amide bonds. The number of carboxylic acid groups (broad SMARTS) is 1. The summed E-state index contributed by atoms with van der Waals surface area (Å²) >= 11 is 0. The van der Waals surface area contributed by atoms with Crippen molar-refractivity contribution in [1.29, 1.82) is 0 Å². The van der Waals surface area contributed by atoms with Gasteiger partial charge >= 0.3 is 5.97 Å². The monoisotopic (exact) mass is 245 g/mol. The van der Waals surface area contributed by atoms with Gasteiger partial charge in [-0.3, -0.25) is 10.1 Å². The molecular weight excluding hydrogens is 237 g/mol. The molecule has 2 unspecified atom stereocenters. The number of carbonyl (C=O) groups is 1. The highest BCUT2D eigenvalue weighted by Crippen LogP contribution is 2.28. The number of nitrogens with zero attached hydrogens (tertiary/aromatic N) is 1. The first-order chi connectivity index (χ1) is 7.84. The topological polar surface area (TPSA) is 121 Å². The Balaban J connectivity index is 3.21. The maximum atomic E-state index is 12.8. The van der Waals surface area contributed by atoms with Crippen molar-refractivity contribution in [2.75, 3.05) is 0 Å². The Morgan fingerprint density at radius 2 is 2.00 bits per heavy atom. The lowest BCUT2D eigenvalue weighted by Gasteiger charge is -2.14. The van der Waals surface area contributed by atoms with Crippen molar-refractivity contribution in [2.24, 2.45) is 0 Å². The minimum absolute atomic E-state index is 0.466. The number of aliphatic hydroxyl groups excluding tert-OH is 2. The molecule has 0 spiro atoms. The van der Waals surface area contributed by atoms with E-state index in [4.69, 9.17) is 10.2 Å². The number of aliphatic carboxylic acids is 1. The van der Waals surface area contributed by atoms with Crippen LogP contribution in [0.3, 0.4) is 0 Å². The highest BCUT2D eigenvalue weighted by Gasteiger charge is 2.30. The van der Waals surface area contributed by atoms with Crippen molar-refractivity contribution in [1.82, 2.24) is 0 Å². The molecule has 0 aromatic heterocycles. The summed E-state index contributed by atoms with van der Waals surface area (Å²) in [6.45, 7) is 0. The van der Waals surface area contributed by atoms with E-state index in [1.807, 2.05) is 0 Å². The van der Waals surface area contributed by atoms with Crippen molar-refractivity contribution in [3.63, 3.8) is 0 Å². The van der Waals surface area contributed by atoms with Gasteiger partial charge in [-0.2, -0.15) is 0 Å². The first-order valence-corrected chi connectivity index (χ1v) is 4.37.